The number of hydrogen-bond acceptors (Lipinski definition) is 7. The second-order valence-electron chi connectivity index (χ2n) is 7.08. The van der Waals surface area contributed by atoms with Crippen molar-refractivity contribution >= 4 is 22.4 Å². The van der Waals surface area contributed by atoms with Crippen LogP contribution in [-0.4, -0.2) is 9.97 Å². The zero-order valence-electron chi connectivity index (χ0n) is 16.6. The van der Waals surface area contributed by atoms with E-state index in [9.17, 15) is 18.1 Å². The highest BCUT2D eigenvalue weighted by atomic mass is 19.1. The topological polar surface area (TPSA) is 110 Å². The molecule has 162 valence electrons. The number of pyridine rings is 2. The van der Waals surface area contributed by atoms with Gasteiger partial charge in [0.15, 0.2) is 5.82 Å². The number of nitrogens with two attached hydrogens (primary N) is 2. The highest BCUT2D eigenvalue weighted by molar-refractivity contribution is 5.79. The van der Waals surface area contributed by atoms with E-state index in [0.717, 1.165) is 22.5 Å². The van der Waals surface area contributed by atoms with Gasteiger partial charge in [-0.05, 0) is 36.4 Å². The van der Waals surface area contributed by atoms with Gasteiger partial charge in [-0.2, -0.15) is 4.91 Å². The van der Waals surface area contributed by atoms with Crippen molar-refractivity contribution < 1.29 is 13.2 Å². The van der Waals surface area contributed by atoms with Crippen molar-refractivity contribution in [3.63, 3.8) is 0 Å². The first kappa shape index (κ1) is 21.2. The number of rotatable bonds is 6. The van der Waals surface area contributed by atoms with E-state index in [0.29, 0.717) is 11.1 Å². The zero-order chi connectivity index (χ0) is 22.8. The van der Waals surface area contributed by atoms with Gasteiger partial charge in [0, 0.05) is 34.3 Å². The molecular weight excluding hydrogens is 421 g/mol. The molecule has 4 rings (SSSR count). The molecule has 2 aromatic heterocycles. The normalized spacial score (nSPS) is 11.0. The van der Waals surface area contributed by atoms with Gasteiger partial charge in [-0.1, -0.05) is 11.2 Å². The summed E-state index contributed by atoms with van der Waals surface area (Å²) in [4.78, 5) is 18.8. The number of nitrogens with zero attached hydrogens (tertiary/aromatic N) is 4. The van der Waals surface area contributed by atoms with Crippen LogP contribution in [0.15, 0.2) is 59.9 Å². The van der Waals surface area contributed by atoms with Crippen molar-refractivity contribution in [2.75, 3.05) is 10.7 Å². The fourth-order valence-corrected chi connectivity index (χ4v) is 3.34. The molecule has 0 atom stereocenters. The molecule has 0 bridgehead atoms. The number of hydrazine groups is 1. The average Bonchev–Trinajstić information content (AvgIpc) is 2.77. The molecule has 0 unspecified atom stereocenters. The van der Waals surface area contributed by atoms with Gasteiger partial charge < -0.3 is 5.73 Å². The molecule has 0 saturated carbocycles. The van der Waals surface area contributed by atoms with Gasteiger partial charge in [0.1, 0.15) is 24.0 Å². The summed E-state index contributed by atoms with van der Waals surface area (Å²) >= 11 is 0. The van der Waals surface area contributed by atoms with E-state index in [1.54, 1.807) is 24.4 Å². The molecule has 0 fully saturated rings. The van der Waals surface area contributed by atoms with Crippen LogP contribution in [0, 0.1) is 22.4 Å². The number of nitrogen functional groups attached to an aromatic ring is 1. The Bertz CT molecular complexity index is 1310. The van der Waals surface area contributed by atoms with Crippen LogP contribution in [0.5, 0.6) is 0 Å². The molecule has 7 nitrogen and oxygen atoms in total. The number of halogens is 3. The molecule has 0 spiro atoms. The molecule has 0 aliphatic rings. The Morgan fingerprint density at radius 1 is 1.00 bits per heavy atom. The lowest BCUT2D eigenvalue weighted by atomic mass is 10.1. The Morgan fingerprint density at radius 2 is 1.75 bits per heavy atom. The zero-order valence-corrected chi connectivity index (χ0v) is 16.6. The Kier molecular flexibility index (Phi) is 5.69. The standard InChI is InChI=1S/C22H17F3N6O/c23-16-9-21-12(2-1-5-28-21)6-14(16)11-31(27)22-19(26)3-4-20(30-22)13-7-17(24)15(10-29-32)18(25)8-13/h1-9H,10-11,26-27H2. The first-order valence-corrected chi connectivity index (χ1v) is 9.46. The van der Waals surface area contributed by atoms with Gasteiger partial charge >= 0.3 is 0 Å². The third-order valence-corrected chi connectivity index (χ3v) is 4.95. The van der Waals surface area contributed by atoms with Gasteiger partial charge in [-0.3, -0.25) is 9.99 Å². The number of fused-ring (bicyclic) bond motifs is 1. The van der Waals surface area contributed by atoms with Crippen LogP contribution in [0.4, 0.5) is 24.7 Å². The lowest BCUT2D eigenvalue weighted by Crippen LogP contribution is -2.32. The largest absolute Gasteiger partial charge is 0.396 e. The maximum atomic E-state index is 14.5. The third kappa shape index (κ3) is 4.08. The molecule has 0 aliphatic heterocycles. The minimum atomic E-state index is -0.920. The smallest absolute Gasteiger partial charge is 0.166 e. The summed E-state index contributed by atoms with van der Waals surface area (Å²) in [7, 11) is 0. The van der Waals surface area contributed by atoms with Crippen molar-refractivity contribution in [1.29, 1.82) is 0 Å². The fraction of sp³-hybridized carbons (Fsp3) is 0.0909. The van der Waals surface area contributed by atoms with E-state index in [4.69, 9.17) is 11.6 Å². The third-order valence-electron chi connectivity index (χ3n) is 4.95. The molecule has 10 heteroatoms. The van der Waals surface area contributed by atoms with E-state index in [2.05, 4.69) is 15.1 Å². The highest BCUT2D eigenvalue weighted by Gasteiger charge is 2.17. The van der Waals surface area contributed by atoms with E-state index < -0.39 is 29.6 Å². The molecule has 4 aromatic rings. The van der Waals surface area contributed by atoms with Gasteiger partial charge in [-0.15, -0.1) is 0 Å². The van der Waals surface area contributed by atoms with Crippen LogP contribution >= 0.6 is 0 Å². The van der Waals surface area contributed by atoms with Crippen molar-refractivity contribution in [2.45, 2.75) is 13.1 Å². The lowest BCUT2D eigenvalue weighted by Gasteiger charge is -2.21. The van der Waals surface area contributed by atoms with Crippen molar-refractivity contribution in [3.05, 3.63) is 88.2 Å². The van der Waals surface area contributed by atoms with Crippen molar-refractivity contribution in [2.24, 2.45) is 11.0 Å². The second kappa shape index (κ2) is 8.60. The molecular formula is C22H17F3N6O. The van der Waals surface area contributed by atoms with Crippen LogP contribution in [0.1, 0.15) is 11.1 Å². The minimum Gasteiger partial charge on any atom is -0.396 e. The van der Waals surface area contributed by atoms with Gasteiger partial charge in [-0.25, -0.2) is 24.0 Å². The lowest BCUT2D eigenvalue weighted by molar-refractivity contribution is 0.557. The number of hydrogen-bond donors (Lipinski definition) is 2. The Labute approximate surface area is 180 Å². The molecule has 32 heavy (non-hydrogen) atoms. The minimum absolute atomic E-state index is 0.0655. The van der Waals surface area contributed by atoms with Gasteiger partial charge in [0.25, 0.3) is 0 Å². The summed E-state index contributed by atoms with van der Waals surface area (Å²) in [6, 6.07) is 11.5. The quantitative estimate of drug-likeness (QED) is 0.262. The molecule has 2 heterocycles. The maximum Gasteiger partial charge on any atom is 0.166 e. The predicted molar refractivity (Wildman–Crippen MR) is 116 cm³/mol. The second-order valence-corrected chi connectivity index (χ2v) is 7.08. The molecule has 0 amide bonds. The van der Waals surface area contributed by atoms with E-state index in [1.807, 2.05) is 0 Å². The van der Waals surface area contributed by atoms with E-state index >= 15 is 0 Å². The molecule has 0 radical (unpaired) electrons. The Morgan fingerprint density at radius 3 is 2.47 bits per heavy atom. The highest BCUT2D eigenvalue weighted by Crippen LogP contribution is 2.29. The van der Waals surface area contributed by atoms with Crippen LogP contribution in [-0.2, 0) is 13.1 Å². The maximum absolute atomic E-state index is 14.5. The number of aromatic nitrogens is 2. The van der Waals surface area contributed by atoms with E-state index in [1.165, 1.54) is 18.2 Å². The van der Waals surface area contributed by atoms with Crippen LogP contribution in [0.3, 0.4) is 0 Å². The summed E-state index contributed by atoms with van der Waals surface area (Å²) in [6.45, 7) is -0.689. The Hall–Kier alpha value is -4.05. The summed E-state index contributed by atoms with van der Waals surface area (Å²) < 4.78 is 43.0. The number of nitroso groups, excluding NO2 is 1. The number of benzene rings is 2. The summed E-state index contributed by atoms with van der Waals surface area (Å²) in [5.74, 6) is 3.89. The molecule has 4 N–H and O–H groups in total. The first-order chi connectivity index (χ1) is 15.4. The van der Waals surface area contributed by atoms with Crippen LogP contribution < -0.4 is 16.6 Å². The summed E-state index contributed by atoms with van der Waals surface area (Å²) in [5.41, 5.74) is 6.87. The Balaban J connectivity index is 1.67. The number of anilines is 2. The first-order valence-electron chi connectivity index (χ1n) is 9.46. The van der Waals surface area contributed by atoms with Gasteiger partial charge in [0.2, 0.25) is 0 Å². The van der Waals surface area contributed by atoms with Gasteiger partial charge in [0.05, 0.1) is 23.4 Å². The SMILES string of the molecule is Nc1ccc(-c2cc(F)c(CN=O)c(F)c2)nc1N(N)Cc1cc2cccnc2cc1F. The monoisotopic (exact) mass is 438 g/mol. The average molecular weight is 438 g/mol. The summed E-state index contributed by atoms with van der Waals surface area (Å²) in [6.07, 6.45) is 1.57. The van der Waals surface area contributed by atoms with Crippen molar-refractivity contribution in [1.82, 2.24) is 9.97 Å². The van der Waals surface area contributed by atoms with Crippen LogP contribution in [0.25, 0.3) is 22.2 Å². The van der Waals surface area contributed by atoms with Crippen LogP contribution in [0.2, 0.25) is 0 Å². The van der Waals surface area contributed by atoms with E-state index in [-0.39, 0.29) is 29.3 Å². The van der Waals surface area contributed by atoms with Crippen molar-refractivity contribution in [3.8, 4) is 11.3 Å². The molecule has 2 aromatic carbocycles. The summed E-state index contributed by atoms with van der Waals surface area (Å²) in [5, 5.41) is 4.41. The molecule has 0 saturated heterocycles. The predicted octanol–water partition coefficient (Wildman–Crippen LogP) is 4.44. The molecule has 0 aliphatic carbocycles. The fourth-order valence-electron chi connectivity index (χ4n) is 3.34.